The number of benzene rings is 1. The van der Waals surface area contributed by atoms with Crippen molar-refractivity contribution in [2.45, 2.75) is 12.6 Å². The number of hydrogen-bond acceptors (Lipinski definition) is 2. The van der Waals surface area contributed by atoms with Crippen LogP contribution in [0.15, 0.2) is 18.2 Å². The van der Waals surface area contributed by atoms with E-state index >= 15 is 0 Å². The zero-order valence-corrected chi connectivity index (χ0v) is 11.2. The highest BCUT2D eigenvalue weighted by Gasteiger charge is 2.32. The maximum absolute atomic E-state index is 13.5. The molecule has 112 valence electrons. The molecule has 0 saturated carbocycles. The van der Waals surface area contributed by atoms with Crippen LogP contribution in [0.1, 0.15) is 22.3 Å². The van der Waals surface area contributed by atoms with E-state index in [0.29, 0.717) is 37.7 Å². The second kappa shape index (κ2) is 6.69. The minimum absolute atomic E-state index is 0.329. The molecule has 20 heavy (non-hydrogen) atoms. The third-order valence-corrected chi connectivity index (χ3v) is 2.79. The Labute approximate surface area is 114 Å². The van der Waals surface area contributed by atoms with Crippen LogP contribution in [0.5, 0.6) is 0 Å². The molecule has 0 aliphatic rings. The molecule has 1 amide bonds. The van der Waals surface area contributed by atoms with Gasteiger partial charge in [0.15, 0.2) is 0 Å². The minimum Gasteiger partial charge on any atom is -0.342 e. The number of amides is 1. The monoisotopic (exact) mass is 292 g/mol. The Balaban J connectivity index is 2.92. The van der Waals surface area contributed by atoms with Gasteiger partial charge in [0, 0.05) is 13.6 Å². The fraction of sp³-hybridized carbons (Fsp3) is 0.462. The topological polar surface area (TPSA) is 32.3 Å². The van der Waals surface area contributed by atoms with E-state index in [-0.39, 0.29) is 0 Å². The molecule has 1 rings (SSSR count). The quantitative estimate of drug-likeness (QED) is 0.668. The molecule has 0 spiro atoms. The number of hydrogen-bond donors (Lipinski definition) is 1. The predicted octanol–water partition coefficient (Wildman–Crippen LogP) is 2.53. The summed E-state index contributed by atoms with van der Waals surface area (Å²) in [6, 6.07) is 1.83. The predicted molar refractivity (Wildman–Crippen MR) is 66.9 cm³/mol. The van der Waals surface area contributed by atoms with E-state index in [2.05, 4.69) is 5.32 Å². The van der Waals surface area contributed by atoms with Crippen LogP contribution in [0.2, 0.25) is 0 Å². The smallest absolute Gasteiger partial charge is 0.342 e. The molecule has 0 aromatic heterocycles. The average Bonchev–Trinajstić information content (AvgIpc) is 2.37. The molecule has 0 fully saturated rings. The Bertz CT molecular complexity index is 474. The van der Waals surface area contributed by atoms with Crippen molar-refractivity contribution in [1.29, 1.82) is 0 Å². The van der Waals surface area contributed by atoms with E-state index in [1.165, 1.54) is 11.9 Å². The van der Waals surface area contributed by atoms with E-state index < -0.39 is 29.0 Å². The molecule has 1 aromatic carbocycles. The summed E-state index contributed by atoms with van der Waals surface area (Å²) in [6.45, 7) is 0.984. The zero-order valence-electron chi connectivity index (χ0n) is 11.2. The Hall–Kier alpha value is -1.63. The summed E-state index contributed by atoms with van der Waals surface area (Å²) in [5.74, 6) is -1.71. The summed E-state index contributed by atoms with van der Waals surface area (Å²) in [4.78, 5) is 13.1. The van der Waals surface area contributed by atoms with Crippen molar-refractivity contribution < 1.29 is 22.4 Å². The normalized spacial score (nSPS) is 11.5. The lowest BCUT2D eigenvalue weighted by Crippen LogP contribution is -2.30. The highest BCUT2D eigenvalue weighted by Crippen LogP contribution is 2.30. The summed E-state index contributed by atoms with van der Waals surface area (Å²) in [5, 5.41) is 2.88. The van der Waals surface area contributed by atoms with Gasteiger partial charge in [0.25, 0.3) is 5.91 Å². The summed E-state index contributed by atoms with van der Waals surface area (Å²) in [6.07, 6.45) is -3.98. The molecule has 1 aromatic rings. The number of nitrogens with zero attached hydrogens (tertiary/aromatic N) is 1. The van der Waals surface area contributed by atoms with Crippen LogP contribution in [-0.4, -0.2) is 38.0 Å². The molecule has 0 unspecified atom stereocenters. The van der Waals surface area contributed by atoms with E-state index in [0.717, 1.165) is 0 Å². The molecule has 0 radical (unpaired) electrons. The molecule has 0 aliphatic heterocycles. The first kappa shape index (κ1) is 16.4. The Morgan fingerprint density at radius 1 is 1.35 bits per heavy atom. The van der Waals surface area contributed by atoms with E-state index in [1.807, 2.05) is 0 Å². The van der Waals surface area contributed by atoms with Gasteiger partial charge in [0.2, 0.25) is 0 Å². The zero-order chi connectivity index (χ0) is 15.3. The van der Waals surface area contributed by atoms with Gasteiger partial charge in [-0.25, -0.2) is 4.39 Å². The fourth-order valence-corrected chi connectivity index (χ4v) is 1.67. The molecule has 0 atom stereocenters. The molecule has 0 aliphatic carbocycles. The van der Waals surface area contributed by atoms with Gasteiger partial charge in [-0.1, -0.05) is 0 Å². The highest BCUT2D eigenvalue weighted by molar-refractivity contribution is 5.94. The maximum atomic E-state index is 13.5. The van der Waals surface area contributed by atoms with Crippen LogP contribution in [0, 0.1) is 5.82 Å². The largest absolute Gasteiger partial charge is 0.416 e. The van der Waals surface area contributed by atoms with Crippen LogP contribution in [0.25, 0.3) is 0 Å². The molecule has 0 heterocycles. The molecule has 7 heteroatoms. The second-order valence-corrected chi connectivity index (χ2v) is 4.38. The molecule has 1 N–H and O–H groups in total. The first-order valence-corrected chi connectivity index (χ1v) is 6.04. The second-order valence-electron chi connectivity index (χ2n) is 4.38. The summed E-state index contributed by atoms with van der Waals surface area (Å²) in [7, 11) is 3.17. The van der Waals surface area contributed by atoms with Crippen LogP contribution < -0.4 is 5.32 Å². The number of carbonyl (C=O) groups is 1. The van der Waals surface area contributed by atoms with Gasteiger partial charge in [-0.2, -0.15) is 13.2 Å². The van der Waals surface area contributed by atoms with Gasteiger partial charge in [-0.15, -0.1) is 0 Å². The van der Waals surface area contributed by atoms with Crippen molar-refractivity contribution >= 4 is 5.91 Å². The number of halogens is 4. The van der Waals surface area contributed by atoms with E-state index in [9.17, 15) is 22.4 Å². The standard InChI is InChI=1S/C13H16F4N2O/c1-18-6-3-7-19(2)12(20)10-8-9(13(15,16)17)4-5-11(10)14/h4-5,8,18H,3,6-7H2,1-2H3. The van der Waals surface area contributed by atoms with Gasteiger partial charge in [0.1, 0.15) is 5.82 Å². The van der Waals surface area contributed by atoms with Crippen molar-refractivity contribution in [3.8, 4) is 0 Å². The third kappa shape index (κ3) is 4.19. The van der Waals surface area contributed by atoms with Crippen molar-refractivity contribution in [1.82, 2.24) is 10.2 Å². The van der Waals surface area contributed by atoms with Gasteiger partial charge >= 0.3 is 6.18 Å². The van der Waals surface area contributed by atoms with Crippen molar-refractivity contribution in [3.05, 3.63) is 35.1 Å². The molecular formula is C13H16F4N2O. The van der Waals surface area contributed by atoms with Crippen molar-refractivity contribution in [2.24, 2.45) is 0 Å². The SMILES string of the molecule is CNCCCN(C)C(=O)c1cc(C(F)(F)F)ccc1F. The summed E-state index contributed by atoms with van der Waals surface area (Å²) in [5.41, 5.74) is -1.60. The Morgan fingerprint density at radius 2 is 2.00 bits per heavy atom. The number of alkyl halides is 3. The third-order valence-electron chi connectivity index (χ3n) is 2.79. The minimum atomic E-state index is -4.60. The Morgan fingerprint density at radius 3 is 2.55 bits per heavy atom. The number of nitrogens with one attached hydrogen (secondary N) is 1. The van der Waals surface area contributed by atoms with Crippen molar-refractivity contribution in [2.75, 3.05) is 27.2 Å². The fourth-order valence-electron chi connectivity index (χ4n) is 1.67. The van der Waals surface area contributed by atoms with Crippen LogP contribution in [0.3, 0.4) is 0 Å². The molecule has 0 bridgehead atoms. The average molecular weight is 292 g/mol. The van der Waals surface area contributed by atoms with E-state index in [1.54, 1.807) is 7.05 Å². The number of carbonyl (C=O) groups excluding carboxylic acids is 1. The van der Waals surface area contributed by atoms with Gasteiger partial charge in [-0.05, 0) is 38.2 Å². The molecular weight excluding hydrogens is 276 g/mol. The van der Waals surface area contributed by atoms with Gasteiger partial charge < -0.3 is 10.2 Å². The summed E-state index contributed by atoms with van der Waals surface area (Å²) < 4.78 is 51.2. The Kier molecular flexibility index (Phi) is 5.50. The van der Waals surface area contributed by atoms with Crippen LogP contribution >= 0.6 is 0 Å². The number of rotatable bonds is 5. The van der Waals surface area contributed by atoms with Crippen molar-refractivity contribution in [3.63, 3.8) is 0 Å². The van der Waals surface area contributed by atoms with Crippen LogP contribution in [-0.2, 0) is 6.18 Å². The first-order chi connectivity index (χ1) is 9.27. The highest BCUT2D eigenvalue weighted by atomic mass is 19.4. The lowest BCUT2D eigenvalue weighted by Gasteiger charge is -2.18. The van der Waals surface area contributed by atoms with Gasteiger partial charge in [0.05, 0.1) is 11.1 Å². The van der Waals surface area contributed by atoms with Gasteiger partial charge in [-0.3, -0.25) is 4.79 Å². The summed E-state index contributed by atoms with van der Waals surface area (Å²) >= 11 is 0. The lowest BCUT2D eigenvalue weighted by atomic mass is 10.1. The lowest BCUT2D eigenvalue weighted by molar-refractivity contribution is -0.137. The maximum Gasteiger partial charge on any atom is 0.416 e. The van der Waals surface area contributed by atoms with E-state index in [4.69, 9.17) is 0 Å². The molecule has 3 nitrogen and oxygen atoms in total. The molecule has 0 saturated heterocycles. The first-order valence-electron chi connectivity index (χ1n) is 6.04. The van der Waals surface area contributed by atoms with Crippen LogP contribution in [0.4, 0.5) is 17.6 Å².